The van der Waals surface area contributed by atoms with E-state index in [2.05, 4.69) is 5.32 Å². The average molecular weight is 580 g/mol. The third-order valence-corrected chi connectivity index (χ3v) is 8.45. The molecule has 1 amide bonds. The third kappa shape index (κ3) is 4.85. The highest BCUT2D eigenvalue weighted by Crippen LogP contribution is 2.34. The van der Waals surface area contributed by atoms with E-state index in [4.69, 9.17) is 21.7 Å². The number of anilines is 1. The van der Waals surface area contributed by atoms with Gasteiger partial charge in [0.15, 0.2) is 4.80 Å². The molecule has 7 nitrogen and oxygen atoms in total. The van der Waals surface area contributed by atoms with Gasteiger partial charge < -0.3 is 5.32 Å². The summed E-state index contributed by atoms with van der Waals surface area (Å²) in [5, 5.41) is 8.15. The lowest BCUT2D eigenvalue weighted by atomic mass is 9.95. The molecule has 1 N–H and O–H groups in total. The Hall–Kier alpha value is -4.53. The fourth-order valence-corrected chi connectivity index (χ4v) is 6.41. The number of halogens is 1. The van der Waals surface area contributed by atoms with Crippen LogP contribution in [0.25, 0.3) is 11.8 Å². The number of rotatable bonds is 5. The highest BCUT2D eigenvalue weighted by atomic mass is 35.5. The van der Waals surface area contributed by atoms with E-state index < -0.39 is 6.04 Å². The fourth-order valence-electron chi connectivity index (χ4n) is 5.14. The molecule has 204 valence electrons. The van der Waals surface area contributed by atoms with Crippen molar-refractivity contribution in [3.63, 3.8) is 0 Å². The van der Waals surface area contributed by atoms with Gasteiger partial charge in [-0.15, -0.1) is 0 Å². The van der Waals surface area contributed by atoms with Gasteiger partial charge in [-0.1, -0.05) is 77.5 Å². The molecular weight excluding hydrogens is 554 g/mol. The van der Waals surface area contributed by atoms with Crippen LogP contribution in [0.4, 0.5) is 5.69 Å². The molecule has 0 saturated heterocycles. The number of aromatic nitrogens is 3. The second-order valence-corrected chi connectivity index (χ2v) is 11.2. The van der Waals surface area contributed by atoms with E-state index in [1.165, 1.54) is 11.3 Å². The standard InChI is InChI=1S/C32H26ClN5O2S/c1-19-25(21(3)38(36-19)23-14-8-5-9-15-23)18-27-31(40)37-29(24-16-10-11-17-26(24)33)28(20(2)34-32(37)41-27)30(39)35-22-12-6-4-7-13-22/h4-18,29H,1-3H3,(H,35,39)/b27-18+/t29-/m1/s1. The molecule has 0 unspecified atom stereocenters. The maximum Gasteiger partial charge on any atom is 0.271 e. The van der Waals surface area contributed by atoms with Crippen molar-refractivity contribution < 1.29 is 4.79 Å². The minimum absolute atomic E-state index is 0.248. The van der Waals surface area contributed by atoms with Crippen LogP contribution in [0.15, 0.2) is 106 Å². The van der Waals surface area contributed by atoms with E-state index in [1.807, 2.05) is 103 Å². The predicted molar refractivity (Wildman–Crippen MR) is 163 cm³/mol. The van der Waals surface area contributed by atoms with Crippen molar-refractivity contribution >= 4 is 40.6 Å². The molecule has 0 fully saturated rings. The lowest BCUT2D eigenvalue weighted by Crippen LogP contribution is -2.40. The molecule has 0 radical (unpaired) electrons. The number of amides is 1. The van der Waals surface area contributed by atoms with Gasteiger partial charge in [0, 0.05) is 22.0 Å². The first kappa shape index (κ1) is 26.7. The molecule has 3 aromatic carbocycles. The van der Waals surface area contributed by atoms with Gasteiger partial charge in [0.2, 0.25) is 0 Å². The number of benzene rings is 3. The molecule has 6 rings (SSSR count). The Morgan fingerprint density at radius 3 is 2.32 bits per heavy atom. The smallest absolute Gasteiger partial charge is 0.271 e. The number of carbonyl (C=O) groups excluding carboxylic acids is 1. The molecule has 5 aromatic rings. The minimum atomic E-state index is -0.750. The summed E-state index contributed by atoms with van der Waals surface area (Å²) in [5.41, 5.74) is 5.48. The predicted octanol–water partition coefficient (Wildman–Crippen LogP) is 5.33. The molecule has 1 atom stereocenters. The zero-order chi connectivity index (χ0) is 28.7. The van der Waals surface area contributed by atoms with Crippen molar-refractivity contribution in [2.75, 3.05) is 5.32 Å². The van der Waals surface area contributed by atoms with Gasteiger partial charge in [-0.25, -0.2) is 9.67 Å². The monoisotopic (exact) mass is 579 g/mol. The first-order chi connectivity index (χ1) is 19.8. The van der Waals surface area contributed by atoms with Crippen molar-refractivity contribution in [3.05, 3.63) is 143 Å². The quantitative estimate of drug-likeness (QED) is 0.306. The summed E-state index contributed by atoms with van der Waals surface area (Å²) in [6.45, 7) is 5.70. The van der Waals surface area contributed by atoms with Crippen LogP contribution in [0.1, 0.15) is 35.5 Å². The molecule has 0 spiro atoms. The number of hydrogen-bond donors (Lipinski definition) is 1. The summed E-state index contributed by atoms with van der Waals surface area (Å²) in [5.74, 6) is -0.340. The number of nitrogens with zero attached hydrogens (tertiary/aromatic N) is 4. The fraction of sp³-hybridized carbons (Fsp3) is 0.125. The van der Waals surface area contributed by atoms with Crippen molar-refractivity contribution in [1.82, 2.24) is 14.3 Å². The molecule has 0 bridgehead atoms. The number of aryl methyl sites for hydroxylation is 1. The Labute approximate surface area is 245 Å². The van der Waals surface area contributed by atoms with Crippen molar-refractivity contribution in [1.29, 1.82) is 0 Å². The molecule has 0 aliphatic carbocycles. The molecular formula is C32H26ClN5O2S. The lowest BCUT2D eigenvalue weighted by molar-refractivity contribution is -0.113. The molecule has 3 heterocycles. The summed E-state index contributed by atoms with van der Waals surface area (Å²) in [7, 11) is 0. The molecule has 1 aliphatic heterocycles. The highest BCUT2D eigenvalue weighted by molar-refractivity contribution is 7.07. The molecule has 9 heteroatoms. The van der Waals surface area contributed by atoms with Crippen LogP contribution >= 0.6 is 22.9 Å². The number of allylic oxidation sites excluding steroid dienone is 1. The summed E-state index contributed by atoms with van der Waals surface area (Å²) in [6.07, 6.45) is 1.87. The maximum absolute atomic E-state index is 14.1. The number of nitrogens with one attached hydrogen (secondary N) is 1. The number of carbonyl (C=O) groups is 1. The van der Waals surface area contributed by atoms with Crippen LogP contribution in [-0.4, -0.2) is 20.3 Å². The van der Waals surface area contributed by atoms with Crippen molar-refractivity contribution in [3.8, 4) is 5.69 Å². The number of thiazole rings is 1. The molecule has 2 aromatic heterocycles. The molecule has 1 aliphatic rings. The normalized spacial score (nSPS) is 15.0. The minimum Gasteiger partial charge on any atom is -0.322 e. The second kappa shape index (κ2) is 10.8. The van der Waals surface area contributed by atoms with Gasteiger partial charge in [0.1, 0.15) is 0 Å². The van der Waals surface area contributed by atoms with E-state index in [-0.39, 0.29) is 11.5 Å². The Morgan fingerprint density at radius 1 is 0.951 bits per heavy atom. The molecule has 0 saturated carbocycles. The van der Waals surface area contributed by atoms with Gasteiger partial charge in [-0.3, -0.25) is 14.2 Å². The Morgan fingerprint density at radius 2 is 1.61 bits per heavy atom. The number of para-hydroxylation sites is 2. The highest BCUT2D eigenvalue weighted by Gasteiger charge is 2.33. The third-order valence-electron chi connectivity index (χ3n) is 7.12. The van der Waals surface area contributed by atoms with E-state index in [9.17, 15) is 9.59 Å². The number of fused-ring (bicyclic) bond motifs is 1. The summed E-state index contributed by atoms with van der Waals surface area (Å²) >= 11 is 7.96. The van der Waals surface area contributed by atoms with E-state index in [0.717, 1.165) is 22.6 Å². The zero-order valence-electron chi connectivity index (χ0n) is 22.6. The SMILES string of the molecule is CC1=C(C(=O)Nc2ccccc2)[C@@H](c2ccccc2Cl)n2c(s/c(=C/c3c(C)nn(-c4ccccc4)c3C)c2=O)=N1. The summed E-state index contributed by atoms with van der Waals surface area (Å²) in [6, 6.07) is 25.6. The topological polar surface area (TPSA) is 81.3 Å². The van der Waals surface area contributed by atoms with Gasteiger partial charge in [-0.05, 0) is 62.7 Å². The van der Waals surface area contributed by atoms with Gasteiger partial charge in [-0.2, -0.15) is 5.10 Å². The summed E-state index contributed by atoms with van der Waals surface area (Å²) in [4.78, 5) is 33.1. The first-order valence-corrected chi connectivity index (χ1v) is 14.3. The van der Waals surface area contributed by atoms with Crippen LogP contribution in [0.2, 0.25) is 5.02 Å². The second-order valence-electron chi connectivity index (χ2n) is 9.76. The largest absolute Gasteiger partial charge is 0.322 e. The number of hydrogen-bond acceptors (Lipinski definition) is 5. The Kier molecular flexibility index (Phi) is 7.03. The van der Waals surface area contributed by atoms with Crippen molar-refractivity contribution in [2.24, 2.45) is 4.99 Å². The van der Waals surface area contributed by atoms with E-state index in [0.29, 0.717) is 36.9 Å². The Bertz CT molecular complexity index is 2010. The van der Waals surface area contributed by atoms with Gasteiger partial charge in [0.25, 0.3) is 11.5 Å². The Balaban J connectivity index is 1.52. The van der Waals surface area contributed by atoms with Crippen LogP contribution in [0, 0.1) is 13.8 Å². The van der Waals surface area contributed by atoms with E-state index in [1.54, 1.807) is 17.6 Å². The summed E-state index contributed by atoms with van der Waals surface area (Å²) < 4.78 is 3.95. The van der Waals surface area contributed by atoms with Crippen LogP contribution < -0.4 is 20.2 Å². The zero-order valence-corrected chi connectivity index (χ0v) is 24.2. The maximum atomic E-state index is 14.1. The van der Waals surface area contributed by atoms with E-state index >= 15 is 0 Å². The van der Waals surface area contributed by atoms with Crippen LogP contribution in [-0.2, 0) is 4.79 Å². The van der Waals surface area contributed by atoms with Crippen molar-refractivity contribution in [2.45, 2.75) is 26.8 Å². The lowest BCUT2D eigenvalue weighted by Gasteiger charge is -2.26. The molecule has 41 heavy (non-hydrogen) atoms. The van der Waals surface area contributed by atoms with Crippen LogP contribution in [0.5, 0.6) is 0 Å². The van der Waals surface area contributed by atoms with Crippen LogP contribution in [0.3, 0.4) is 0 Å². The average Bonchev–Trinajstić information content (AvgIpc) is 3.43. The first-order valence-electron chi connectivity index (χ1n) is 13.1. The van der Waals surface area contributed by atoms with Gasteiger partial charge >= 0.3 is 0 Å². The van der Waals surface area contributed by atoms with Gasteiger partial charge in [0.05, 0.1) is 33.2 Å².